The SMILES string of the molecule is CCOc1cc(CN(C)C(=O)c2ccc(OC)cc2O)ccc1OC(F)F. The number of phenols is 1. The number of hydrogen-bond donors (Lipinski definition) is 1. The van der Waals surface area contributed by atoms with E-state index in [0.29, 0.717) is 11.3 Å². The minimum absolute atomic E-state index is 0.0719. The minimum Gasteiger partial charge on any atom is -0.507 e. The number of methoxy groups -OCH3 is 1. The van der Waals surface area contributed by atoms with Gasteiger partial charge in [-0.2, -0.15) is 8.78 Å². The highest BCUT2D eigenvalue weighted by molar-refractivity contribution is 5.96. The van der Waals surface area contributed by atoms with Crippen molar-refractivity contribution in [3.05, 3.63) is 47.5 Å². The number of ether oxygens (including phenoxy) is 3. The highest BCUT2D eigenvalue weighted by atomic mass is 19.3. The molecule has 0 unspecified atom stereocenters. The van der Waals surface area contributed by atoms with E-state index < -0.39 is 12.5 Å². The maximum Gasteiger partial charge on any atom is 0.387 e. The van der Waals surface area contributed by atoms with E-state index >= 15 is 0 Å². The molecular weight excluding hydrogens is 360 g/mol. The van der Waals surface area contributed by atoms with Crippen LogP contribution in [0.25, 0.3) is 0 Å². The van der Waals surface area contributed by atoms with E-state index in [4.69, 9.17) is 9.47 Å². The molecule has 0 atom stereocenters. The number of hydrogen-bond acceptors (Lipinski definition) is 5. The lowest BCUT2D eigenvalue weighted by Gasteiger charge is -2.19. The molecule has 146 valence electrons. The quantitative estimate of drug-likeness (QED) is 0.756. The van der Waals surface area contributed by atoms with Crippen LogP contribution in [0, 0.1) is 0 Å². The van der Waals surface area contributed by atoms with Gasteiger partial charge in [-0.25, -0.2) is 0 Å². The van der Waals surface area contributed by atoms with Crippen molar-refractivity contribution in [1.82, 2.24) is 4.90 Å². The van der Waals surface area contributed by atoms with Crippen molar-refractivity contribution >= 4 is 5.91 Å². The maximum absolute atomic E-state index is 12.6. The summed E-state index contributed by atoms with van der Waals surface area (Å²) in [5.41, 5.74) is 0.782. The third kappa shape index (κ3) is 5.22. The number of phenolic OH excluding ortho intramolecular Hbond substituents is 1. The Morgan fingerprint density at radius 3 is 2.52 bits per heavy atom. The molecule has 6 nitrogen and oxygen atoms in total. The van der Waals surface area contributed by atoms with Gasteiger partial charge >= 0.3 is 6.61 Å². The van der Waals surface area contributed by atoms with Crippen LogP contribution >= 0.6 is 0 Å². The number of nitrogens with zero attached hydrogens (tertiary/aromatic N) is 1. The molecular formula is C19H21F2NO5. The van der Waals surface area contributed by atoms with E-state index in [1.54, 1.807) is 32.2 Å². The van der Waals surface area contributed by atoms with Crippen molar-refractivity contribution in [1.29, 1.82) is 0 Å². The van der Waals surface area contributed by atoms with Gasteiger partial charge in [0.1, 0.15) is 11.5 Å². The topological polar surface area (TPSA) is 68.2 Å². The van der Waals surface area contributed by atoms with E-state index in [2.05, 4.69) is 4.74 Å². The summed E-state index contributed by atoms with van der Waals surface area (Å²) in [6.07, 6.45) is 0. The summed E-state index contributed by atoms with van der Waals surface area (Å²) < 4.78 is 39.7. The van der Waals surface area contributed by atoms with Gasteiger partial charge < -0.3 is 24.2 Å². The third-order valence-electron chi connectivity index (χ3n) is 3.73. The van der Waals surface area contributed by atoms with Crippen molar-refractivity contribution in [2.24, 2.45) is 0 Å². The first kappa shape index (κ1) is 20.3. The molecule has 0 fully saturated rings. The fourth-order valence-corrected chi connectivity index (χ4v) is 2.48. The van der Waals surface area contributed by atoms with Crippen LogP contribution < -0.4 is 14.2 Å². The van der Waals surface area contributed by atoms with Crippen molar-refractivity contribution in [2.45, 2.75) is 20.1 Å². The number of rotatable bonds is 8. The van der Waals surface area contributed by atoms with Gasteiger partial charge in [0.05, 0.1) is 19.3 Å². The van der Waals surface area contributed by atoms with E-state index in [1.165, 1.54) is 30.2 Å². The second-order valence-electron chi connectivity index (χ2n) is 5.64. The first-order valence-corrected chi connectivity index (χ1v) is 8.18. The Hall–Kier alpha value is -3.03. The average Bonchev–Trinajstić information content (AvgIpc) is 2.63. The van der Waals surface area contributed by atoms with Crippen molar-refractivity contribution in [2.75, 3.05) is 20.8 Å². The zero-order chi connectivity index (χ0) is 20.0. The standard InChI is InChI=1S/C19H21F2NO5/c1-4-26-17-9-12(5-8-16(17)27-19(20)21)11-22(2)18(24)14-7-6-13(25-3)10-15(14)23/h5-10,19,23H,4,11H2,1-3H3. The number of carbonyl (C=O) groups is 1. The Labute approximate surface area is 155 Å². The number of alkyl halides is 2. The summed E-state index contributed by atoms with van der Waals surface area (Å²) in [5, 5.41) is 10.0. The maximum atomic E-state index is 12.6. The first-order chi connectivity index (χ1) is 12.8. The van der Waals surface area contributed by atoms with Crippen LogP contribution in [0.3, 0.4) is 0 Å². The number of carbonyl (C=O) groups excluding carboxylic acids is 1. The van der Waals surface area contributed by atoms with Gasteiger partial charge in [0, 0.05) is 19.7 Å². The predicted molar refractivity (Wildman–Crippen MR) is 94.7 cm³/mol. The van der Waals surface area contributed by atoms with Gasteiger partial charge in [-0.3, -0.25) is 4.79 Å². The number of halogens is 2. The molecule has 0 aliphatic carbocycles. The Balaban J connectivity index is 2.17. The Bertz CT molecular complexity index is 798. The van der Waals surface area contributed by atoms with Crippen LogP contribution in [0.15, 0.2) is 36.4 Å². The molecule has 0 aliphatic heterocycles. The lowest BCUT2D eigenvalue weighted by molar-refractivity contribution is -0.0514. The molecule has 0 saturated carbocycles. The Morgan fingerprint density at radius 2 is 1.93 bits per heavy atom. The van der Waals surface area contributed by atoms with Crippen LogP contribution in [0.5, 0.6) is 23.0 Å². The normalized spacial score (nSPS) is 10.6. The van der Waals surface area contributed by atoms with Crippen LogP contribution in [-0.4, -0.2) is 43.3 Å². The molecule has 1 N–H and O–H groups in total. The van der Waals surface area contributed by atoms with Crippen LogP contribution in [0.2, 0.25) is 0 Å². The summed E-state index contributed by atoms with van der Waals surface area (Å²) >= 11 is 0. The molecule has 27 heavy (non-hydrogen) atoms. The summed E-state index contributed by atoms with van der Waals surface area (Å²) in [7, 11) is 3.02. The van der Waals surface area contributed by atoms with E-state index in [-0.39, 0.29) is 36.0 Å². The second kappa shape index (κ2) is 9.07. The third-order valence-corrected chi connectivity index (χ3v) is 3.73. The molecule has 2 aromatic carbocycles. The summed E-state index contributed by atoms with van der Waals surface area (Å²) in [5.74, 6) is -0.0635. The zero-order valence-electron chi connectivity index (χ0n) is 15.2. The van der Waals surface area contributed by atoms with Gasteiger partial charge in [0.2, 0.25) is 0 Å². The monoisotopic (exact) mass is 381 g/mol. The molecule has 0 heterocycles. The van der Waals surface area contributed by atoms with E-state index in [9.17, 15) is 18.7 Å². The molecule has 1 amide bonds. The van der Waals surface area contributed by atoms with Gasteiger partial charge in [-0.1, -0.05) is 6.07 Å². The van der Waals surface area contributed by atoms with E-state index in [0.717, 1.165) is 0 Å². The molecule has 0 spiro atoms. The fourth-order valence-electron chi connectivity index (χ4n) is 2.48. The van der Waals surface area contributed by atoms with Gasteiger partial charge in [0.15, 0.2) is 11.5 Å². The summed E-state index contributed by atoms with van der Waals surface area (Å²) in [6.45, 7) is -0.782. The molecule has 0 radical (unpaired) electrons. The smallest absolute Gasteiger partial charge is 0.387 e. The number of aromatic hydroxyl groups is 1. The highest BCUT2D eigenvalue weighted by Gasteiger charge is 2.18. The molecule has 2 rings (SSSR count). The summed E-state index contributed by atoms with van der Waals surface area (Å²) in [4.78, 5) is 14.0. The van der Waals surface area contributed by atoms with E-state index in [1.807, 2.05) is 0 Å². The van der Waals surface area contributed by atoms with Gasteiger partial charge in [0.25, 0.3) is 5.91 Å². The van der Waals surface area contributed by atoms with Crippen LogP contribution in [-0.2, 0) is 6.54 Å². The molecule has 0 aromatic heterocycles. The lowest BCUT2D eigenvalue weighted by Crippen LogP contribution is -2.26. The zero-order valence-corrected chi connectivity index (χ0v) is 15.2. The highest BCUT2D eigenvalue weighted by Crippen LogP contribution is 2.31. The van der Waals surface area contributed by atoms with Crippen molar-refractivity contribution in [3.8, 4) is 23.0 Å². The fraction of sp³-hybridized carbons (Fsp3) is 0.316. The first-order valence-electron chi connectivity index (χ1n) is 8.18. The molecule has 0 saturated heterocycles. The summed E-state index contributed by atoms with van der Waals surface area (Å²) in [6, 6.07) is 8.87. The van der Waals surface area contributed by atoms with Gasteiger partial charge in [-0.15, -0.1) is 0 Å². The van der Waals surface area contributed by atoms with Crippen molar-refractivity contribution < 1.29 is 32.9 Å². The minimum atomic E-state index is -2.96. The largest absolute Gasteiger partial charge is 0.507 e. The van der Waals surface area contributed by atoms with Crippen molar-refractivity contribution in [3.63, 3.8) is 0 Å². The van der Waals surface area contributed by atoms with Gasteiger partial charge in [-0.05, 0) is 36.8 Å². The molecule has 0 aliphatic rings. The number of amides is 1. The molecule has 8 heteroatoms. The second-order valence-corrected chi connectivity index (χ2v) is 5.64. The Morgan fingerprint density at radius 1 is 1.19 bits per heavy atom. The average molecular weight is 381 g/mol. The van der Waals surface area contributed by atoms with Crippen LogP contribution in [0.4, 0.5) is 8.78 Å². The van der Waals surface area contributed by atoms with Crippen LogP contribution in [0.1, 0.15) is 22.8 Å². The lowest BCUT2D eigenvalue weighted by atomic mass is 10.1. The number of benzene rings is 2. The predicted octanol–water partition coefficient (Wildman–Crippen LogP) is 3.67. The molecule has 0 bridgehead atoms. The molecule has 2 aromatic rings. The Kier molecular flexibility index (Phi) is 6.81.